The topological polar surface area (TPSA) is 70.6 Å². The number of anilines is 1. The molecule has 2 rings (SSSR count). The Morgan fingerprint density at radius 1 is 1.20 bits per heavy atom. The number of aliphatic hydroxyl groups is 1. The zero-order valence-electron chi connectivity index (χ0n) is 15.0. The first-order valence-electron chi connectivity index (χ1n) is 8.42. The van der Waals surface area contributed by atoms with Gasteiger partial charge in [-0.15, -0.1) is 0 Å². The molecule has 2 aromatic carbocycles. The number of amides is 2. The van der Waals surface area contributed by atoms with Crippen molar-refractivity contribution >= 4 is 11.7 Å². The highest BCUT2D eigenvalue weighted by atomic mass is 16.5. The lowest BCUT2D eigenvalue weighted by atomic mass is 9.93. The molecule has 0 aromatic heterocycles. The summed E-state index contributed by atoms with van der Waals surface area (Å²) in [6, 6.07) is 15.1. The van der Waals surface area contributed by atoms with Gasteiger partial charge in [0.15, 0.2) is 0 Å². The number of hydrogen-bond acceptors (Lipinski definition) is 3. The van der Waals surface area contributed by atoms with Crippen molar-refractivity contribution in [1.29, 1.82) is 0 Å². The Morgan fingerprint density at radius 3 is 2.52 bits per heavy atom. The fraction of sp³-hybridized carbons (Fsp3) is 0.350. The molecule has 3 N–H and O–H groups in total. The highest BCUT2D eigenvalue weighted by molar-refractivity contribution is 5.89. The first-order valence-corrected chi connectivity index (χ1v) is 8.42. The van der Waals surface area contributed by atoms with E-state index >= 15 is 0 Å². The number of methoxy groups -OCH3 is 1. The molecule has 5 nitrogen and oxygen atoms in total. The van der Waals surface area contributed by atoms with Crippen LogP contribution in [0.3, 0.4) is 0 Å². The summed E-state index contributed by atoms with van der Waals surface area (Å²) in [4.78, 5) is 12.2. The molecule has 0 aliphatic heterocycles. The minimum absolute atomic E-state index is 0.0598. The van der Waals surface area contributed by atoms with Crippen LogP contribution in [0, 0.1) is 6.92 Å². The van der Waals surface area contributed by atoms with Crippen LogP contribution in [-0.4, -0.2) is 30.9 Å². The van der Waals surface area contributed by atoms with Crippen LogP contribution < -0.4 is 15.4 Å². The standard InChI is InChI=1S/C20H26N2O3/c1-14-11-18(9-10-19(14)25-3)22-20(24)21-13-17(12-15(2)23)16-7-5-4-6-8-16/h4-11,15,17,23H,12-13H2,1-3H3,(H2,21,22,24). The highest BCUT2D eigenvalue weighted by Crippen LogP contribution is 2.22. The number of aliphatic hydroxyl groups excluding tert-OH is 1. The first kappa shape index (κ1) is 18.8. The number of urea groups is 1. The van der Waals surface area contributed by atoms with Gasteiger partial charge in [0.05, 0.1) is 13.2 Å². The van der Waals surface area contributed by atoms with E-state index in [0.29, 0.717) is 18.7 Å². The van der Waals surface area contributed by atoms with Gasteiger partial charge >= 0.3 is 6.03 Å². The molecule has 25 heavy (non-hydrogen) atoms. The summed E-state index contributed by atoms with van der Waals surface area (Å²) in [6.45, 7) is 4.14. The van der Waals surface area contributed by atoms with Crippen molar-refractivity contribution in [2.24, 2.45) is 0 Å². The summed E-state index contributed by atoms with van der Waals surface area (Å²) in [7, 11) is 1.62. The van der Waals surface area contributed by atoms with Gasteiger partial charge in [-0.1, -0.05) is 30.3 Å². The van der Waals surface area contributed by atoms with E-state index < -0.39 is 6.10 Å². The summed E-state index contributed by atoms with van der Waals surface area (Å²) in [5, 5.41) is 15.4. The SMILES string of the molecule is COc1ccc(NC(=O)NCC(CC(C)O)c2ccccc2)cc1C. The maximum Gasteiger partial charge on any atom is 0.319 e. The second-order valence-electron chi connectivity index (χ2n) is 6.21. The molecule has 0 aliphatic carbocycles. The van der Waals surface area contributed by atoms with Crippen molar-refractivity contribution in [2.75, 3.05) is 19.0 Å². The van der Waals surface area contributed by atoms with E-state index in [2.05, 4.69) is 10.6 Å². The number of rotatable bonds is 7. The Bertz CT molecular complexity index is 687. The smallest absolute Gasteiger partial charge is 0.319 e. The van der Waals surface area contributed by atoms with Crippen molar-refractivity contribution in [1.82, 2.24) is 5.32 Å². The predicted octanol–water partition coefficient (Wildman–Crippen LogP) is 3.68. The Labute approximate surface area is 149 Å². The van der Waals surface area contributed by atoms with Gasteiger partial charge in [-0.2, -0.15) is 0 Å². The molecule has 0 radical (unpaired) electrons. The Balaban J connectivity index is 1.95. The monoisotopic (exact) mass is 342 g/mol. The van der Waals surface area contributed by atoms with Gasteiger partial charge < -0.3 is 20.5 Å². The molecule has 2 amide bonds. The molecule has 5 heteroatoms. The molecule has 134 valence electrons. The Morgan fingerprint density at radius 2 is 1.92 bits per heavy atom. The van der Waals surface area contributed by atoms with Crippen LogP contribution >= 0.6 is 0 Å². The number of carbonyl (C=O) groups excluding carboxylic acids is 1. The third-order valence-corrected chi connectivity index (χ3v) is 4.06. The first-order chi connectivity index (χ1) is 12.0. The molecule has 0 saturated heterocycles. The van der Waals surface area contributed by atoms with Gasteiger partial charge in [0, 0.05) is 18.2 Å². The summed E-state index contributed by atoms with van der Waals surface area (Å²) in [6.07, 6.45) is 0.158. The van der Waals surface area contributed by atoms with Crippen LogP contribution in [0.15, 0.2) is 48.5 Å². The summed E-state index contributed by atoms with van der Waals surface area (Å²) >= 11 is 0. The van der Waals surface area contributed by atoms with Gasteiger partial charge in [-0.05, 0) is 49.6 Å². The van der Waals surface area contributed by atoms with Crippen LogP contribution in [0.5, 0.6) is 5.75 Å². The molecular weight excluding hydrogens is 316 g/mol. The molecule has 0 bridgehead atoms. The number of nitrogens with one attached hydrogen (secondary N) is 2. The van der Waals surface area contributed by atoms with E-state index in [1.165, 1.54) is 0 Å². The van der Waals surface area contributed by atoms with Crippen molar-refractivity contribution in [3.05, 3.63) is 59.7 Å². The predicted molar refractivity (Wildman–Crippen MR) is 100 cm³/mol. The molecule has 2 atom stereocenters. The summed E-state index contributed by atoms with van der Waals surface area (Å²) in [5.74, 6) is 0.844. The van der Waals surface area contributed by atoms with Crippen molar-refractivity contribution in [3.63, 3.8) is 0 Å². The summed E-state index contributed by atoms with van der Waals surface area (Å²) < 4.78 is 5.22. The maximum absolute atomic E-state index is 12.2. The highest BCUT2D eigenvalue weighted by Gasteiger charge is 2.15. The van der Waals surface area contributed by atoms with Gasteiger partial charge in [0.2, 0.25) is 0 Å². The second kappa shape index (κ2) is 9.08. The molecule has 0 heterocycles. The lowest BCUT2D eigenvalue weighted by Gasteiger charge is -2.20. The van der Waals surface area contributed by atoms with Gasteiger partial charge in [-0.3, -0.25) is 0 Å². The Hall–Kier alpha value is -2.53. The molecule has 0 saturated carbocycles. The molecule has 2 unspecified atom stereocenters. The molecule has 2 aromatic rings. The third-order valence-electron chi connectivity index (χ3n) is 4.06. The zero-order valence-corrected chi connectivity index (χ0v) is 15.0. The van der Waals surface area contributed by atoms with Gasteiger partial charge in [-0.25, -0.2) is 4.79 Å². The number of aryl methyl sites for hydroxylation is 1. The largest absolute Gasteiger partial charge is 0.496 e. The average molecular weight is 342 g/mol. The van der Waals surface area contributed by atoms with Crippen LogP contribution in [0.25, 0.3) is 0 Å². The second-order valence-corrected chi connectivity index (χ2v) is 6.21. The fourth-order valence-electron chi connectivity index (χ4n) is 2.82. The molecule has 0 fully saturated rings. The third kappa shape index (κ3) is 5.80. The van der Waals surface area contributed by atoms with Crippen molar-refractivity contribution in [3.8, 4) is 5.75 Å². The van der Waals surface area contributed by atoms with E-state index in [0.717, 1.165) is 16.9 Å². The van der Waals surface area contributed by atoms with Crippen LogP contribution in [0.4, 0.5) is 10.5 Å². The van der Waals surface area contributed by atoms with Gasteiger partial charge in [0.25, 0.3) is 0 Å². The normalized spacial score (nSPS) is 13.0. The zero-order chi connectivity index (χ0) is 18.2. The number of ether oxygens (including phenoxy) is 1. The molecule has 0 aliphatic rings. The van der Waals surface area contributed by atoms with Crippen molar-refractivity contribution in [2.45, 2.75) is 32.3 Å². The maximum atomic E-state index is 12.2. The van der Waals surface area contributed by atoms with E-state index in [9.17, 15) is 9.90 Å². The van der Waals surface area contributed by atoms with E-state index in [1.54, 1.807) is 20.1 Å². The summed E-state index contributed by atoms with van der Waals surface area (Å²) in [5.41, 5.74) is 2.77. The minimum Gasteiger partial charge on any atom is -0.496 e. The van der Waals surface area contributed by atoms with Crippen LogP contribution in [0.1, 0.15) is 30.4 Å². The fourth-order valence-corrected chi connectivity index (χ4v) is 2.82. The van der Waals surface area contributed by atoms with E-state index in [-0.39, 0.29) is 11.9 Å². The quantitative estimate of drug-likeness (QED) is 0.719. The number of hydrogen-bond donors (Lipinski definition) is 3. The molecular formula is C20H26N2O3. The van der Waals surface area contributed by atoms with E-state index in [4.69, 9.17) is 4.74 Å². The average Bonchev–Trinajstić information content (AvgIpc) is 2.59. The lowest BCUT2D eigenvalue weighted by molar-refractivity contribution is 0.173. The minimum atomic E-state index is -0.431. The lowest BCUT2D eigenvalue weighted by Crippen LogP contribution is -2.33. The van der Waals surface area contributed by atoms with Gasteiger partial charge in [0.1, 0.15) is 5.75 Å². The Kier molecular flexibility index (Phi) is 6.83. The van der Waals surface area contributed by atoms with Crippen molar-refractivity contribution < 1.29 is 14.6 Å². The molecule has 0 spiro atoms. The number of carbonyl (C=O) groups is 1. The van der Waals surface area contributed by atoms with E-state index in [1.807, 2.05) is 49.4 Å². The van der Waals surface area contributed by atoms with Crippen LogP contribution in [0.2, 0.25) is 0 Å². The van der Waals surface area contributed by atoms with Crippen LogP contribution in [-0.2, 0) is 0 Å². The number of benzene rings is 2.